The summed E-state index contributed by atoms with van der Waals surface area (Å²) >= 11 is 1.57. The lowest BCUT2D eigenvalue weighted by Gasteiger charge is -2.24. The topological polar surface area (TPSA) is 93.4 Å². The van der Waals surface area contributed by atoms with Gasteiger partial charge in [0.1, 0.15) is 11.3 Å². The van der Waals surface area contributed by atoms with Crippen LogP contribution in [0.5, 0.6) is 0 Å². The zero-order valence-corrected chi connectivity index (χ0v) is 14.2. The van der Waals surface area contributed by atoms with Crippen LogP contribution in [0, 0.1) is 0 Å². The number of nitrogens with zero attached hydrogens (tertiary/aromatic N) is 4. The number of amides is 1. The number of thioether (sulfide) groups is 1. The number of carbonyl (C=O) groups excluding carboxylic acids is 1. The SMILES string of the molecule is CSc1ccnc(N2CCOCC(NC(=O)Cc3cnoc3)C2)n1. The van der Waals surface area contributed by atoms with Crippen molar-refractivity contribution in [3.05, 3.63) is 30.3 Å². The predicted octanol–water partition coefficient (Wildman–Crippen LogP) is 0.751. The van der Waals surface area contributed by atoms with E-state index < -0.39 is 0 Å². The van der Waals surface area contributed by atoms with Gasteiger partial charge in [-0.15, -0.1) is 11.8 Å². The molecule has 1 amide bonds. The minimum atomic E-state index is -0.124. The molecule has 1 N–H and O–H groups in total. The van der Waals surface area contributed by atoms with E-state index in [0.29, 0.717) is 32.3 Å². The van der Waals surface area contributed by atoms with E-state index >= 15 is 0 Å². The summed E-state index contributed by atoms with van der Waals surface area (Å²) in [5.41, 5.74) is 0.745. The molecule has 0 bridgehead atoms. The Balaban J connectivity index is 1.62. The van der Waals surface area contributed by atoms with Crippen molar-refractivity contribution in [3.8, 4) is 0 Å². The number of ether oxygens (including phenoxy) is 1. The normalized spacial score (nSPS) is 18.2. The van der Waals surface area contributed by atoms with Crippen LogP contribution in [0.2, 0.25) is 0 Å². The van der Waals surface area contributed by atoms with E-state index in [4.69, 9.17) is 9.26 Å². The number of nitrogens with one attached hydrogen (secondary N) is 1. The first kappa shape index (κ1) is 16.7. The maximum Gasteiger partial charge on any atom is 0.226 e. The summed E-state index contributed by atoms with van der Waals surface area (Å²) in [4.78, 5) is 23.0. The third-order valence-corrected chi connectivity index (χ3v) is 4.23. The summed E-state index contributed by atoms with van der Waals surface area (Å²) in [7, 11) is 0. The largest absolute Gasteiger partial charge is 0.377 e. The minimum absolute atomic E-state index is 0.0903. The van der Waals surface area contributed by atoms with Crippen molar-refractivity contribution in [2.75, 3.05) is 37.5 Å². The van der Waals surface area contributed by atoms with Gasteiger partial charge in [-0.05, 0) is 12.3 Å². The molecule has 0 saturated carbocycles. The Morgan fingerprint density at radius 3 is 3.25 bits per heavy atom. The van der Waals surface area contributed by atoms with E-state index in [-0.39, 0.29) is 18.4 Å². The molecule has 1 saturated heterocycles. The lowest BCUT2D eigenvalue weighted by atomic mass is 10.2. The summed E-state index contributed by atoms with van der Waals surface area (Å²) in [6, 6.07) is 1.75. The average molecular weight is 349 g/mol. The Kier molecular flexibility index (Phi) is 5.65. The molecule has 0 spiro atoms. The van der Waals surface area contributed by atoms with Crippen LogP contribution in [-0.2, 0) is 16.0 Å². The number of hydrogen-bond acceptors (Lipinski definition) is 8. The molecule has 9 heteroatoms. The van der Waals surface area contributed by atoms with Crippen LogP contribution in [0.15, 0.2) is 34.3 Å². The van der Waals surface area contributed by atoms with Gasteiger partial charge in [0.05, 0.1) is 31.9 Å². The molecule has 24 heavy (non-hydrogen) atoms. The second kappa shape index (κ2) is 8.11. The molecule has 128 valence electrons. The first-order valence-corrected chi connectivity index (χ1v) is 8.84. The molecule has 1 aliphatic rings. The van der Waals surface area contributed by atoms with E-state index in [1.165, 1.54) is 12.5 Å². The van der Waals surface area contributed by atoms with Crippen molar-refractivity contribution < 1.29 is 14.1 Å². The number of anilines is 1. The van der Waals surface area contributed by atoms with E-state index in [1.807, 2.05) is 17.2 Å². The smallest absolute Gasteiger partial charge is 0.226 e. The van der Waals surface area contributed by atoms with Gasteiger partial charge >= 0.3 is 0 Å². The molecule has 2 aromatic rings. The first-order valence-electron chi connectivity index (χ1n) is 7.62. The van der Waals surface area contributed by atoms with Gasteiger partial charge in [-0.1, -0.05) is 5.16 Å². The van der Waals surface area contributed by atoms with Crippen LogP contribution in [0.1, 0.15) is 5.56 Å². The first-order chi connectivity index (χ1) is 11.7. The second-order valence-corrected chi connectivity index (χ2v) is 6.22. The zero-order chi connectivity index (χ0) is 16.8. The highest BCUT2D eigenvalue weighted by atomic mass is 32.2. The van der Waals surface area contributed by atoms with Crippen LogP contribution in [0.4, 0.5) is 5.95 Å². The number of hydrogen-bond donors (Lipinski definition) is 1. The third-order valence-electron chi connectivity index (χ3n) is 3.59. The van der Waals surface area contributed by atoms with Gasteiger partial charge in [0.25, 0.3) is 0 Å². The maximum absolute atomic E-state index is 12.1. The lowest BCUT2D eigenvalue weighted by molar-refractivity contribution is -0.121. The van der Waals surface area contributed by atoms with Crippen LogP contribution >= 0.6 is 11.8 Å². The van der Waals surface area contributed by atoms with Gasteiger partial charge in [0.2, 0.25) is 11.9 Å². The average Bonchev–Trinajstić information content (AvgIpc) is 2.99. The molecule has 0 aliphatic carbocycles. The van der Waals surface area contributed by atoms with Crippen LogP contribution in [0.3, 0.4) is 0 Å². The van der Waals surface area contributed by atoms with E-state index in [9.17, 15) is 4.79 Å². The highest BCUT2D eigenvalue weighted by Crippen LogP contribution is 2.16. The second-order valence-electron chi connectivity index (χ2n) is 5.39. The van der Waals surface area contributed by atoms with Crippen molar-refractivity contribution in [2.24, 2.45) is 0 Å². The lowest BCUT2D eigenvalue weighted by Crippen LogP contribution is -2.45. The van der Waals surface area contributed by atoms with Gasteiger partial charge in [-0.3, -0.25) is 4.79 Å². The fourth-order valence-electron chi connectivity index (χ4n) is 2.46. The molecule has 8 nitrogen and oxygen atoms in total. The third kappa shape index (κ3) is 4.45. The molecule has 2 aromatic heterocycles. The van der Waals surface area contributed by atoms with Gasteiger partial charge in [-0.2, -0.15) is 0 Å². The Morgan fingerprint density at radius 2 is 2.46 bits per heavy atom. The molecular formula is C15H19N5O3S. The van der Waals surface area contributed by atoms with E-state index in [1.54, 1.807) is 18.0 Å². The molecule has 1 aliphatic heterocycles. The number of rotatable bonds is 5. The van der Waals surface area contributed by atoms with Crippen LogP contribution < -0.4 is 10.2 Å². The van der Waals surface area contributed by atoms with Crippen molar-refractivity contribution >= 4 is 23.6 Å². The van der Waals surface area contributed by atoms with Crippen LogP contribution in [-0.4, -0.2) is 59.6 Å². The maximum atomic E-state index is 12.1. The highest BCUT2D eigenvalue weighted by molar-refractivity contribution is 7.98. The fraction of sp³-hybridized carbons (Fsp3) is 0.467. The quantitative estimate of drug-likeness (QED) is 0.624. The van der Waals surface area contributed by atoms with E-state index in [0.717, 1.165) is 10.6 Å². The number of carbonyl (C=O) groups is 1. The summed E-state index contributed by atoms with van der Waals surface area (Å²) in [5, 5.41) is 7.50. The Morgan fingerprint density at radius 1 is 1.54 bits per heavy atom. The predicted molar refractivity (Wildman–Crippen MR) is 89.0 cm³/mol. The van der Waals surface area contributed by atoms with Gasteiger partial charge in [0, 0.05) is 24.8 Å². The van der Waals surface area contributed by atoms with Gasteiger partial charge in [0.15, 0.2) is 0 Å². The van der Waals surface area contributed by atoms with Gasteiger partial charge < -0.3 is 19.5 Å². The number of aromatic nitrogens is 3. The molecule has 1 atom stereocenters. The summed E-state index contributed by atoms with van der Waals surface area (Å²) in [5.74, 6) is 0.568. The summed E-state index contributed by atoms with van der Waals surface area (Å²) in [6.45, 7) is 2.34. The summed E-state index contributed by atoms with van der Waals surface area (Å²) in [6.07, 6.45) is 6.97. The standard InChI is InChI=1S/C15H19N5O3S/c1-24-14-2-3-16-15(19-14)20-4-5-22-10-12(8-20)18-13(21)6-11-7-17-23-9-11/h2-3,7,9,12H,4-6,8,10H2,1H3,(H,18,21). The Hall–Kier alpha value is -2.13. The van der Waals surface area contributed by atoms with Crippen LogP contribution in [0.25, 0.3) is 0 Å². The molecule has 3 heterocycles. The van der Waals surface area contributed by atoms with Crippen molar-refractivity contribution in [1.82, 2.24) is 20.4 Å². The Bertz CT molecular complexity index is 667. The van der Waals surface area contributed by atoms with Crippen molar-refractivity contribution in [1.29, 1.82) is 0 Å². The monoisotopic (exact) mass is 349 g/mol. The van der Waals surface area contributed by atoms with Gasteiger partial charge in [-0.25, -0.2) is 9.97 Å². The highest BCUT2D eigenvalue weighted by Gasteiger charge is 2.22. The minimum Gasteiger partial charge on any atom is -0.377 e. The van der Waals surface area contributed by atoms with Crippen molar-refractivity contribution in [2.45, 2.75) is 17.5 Å². The molecular weight excluding hydrogens is 330 g/mol. The summed E-state index contributed by atoms with van der Waals surface area (Å²) < 4.78 is 10.3. The molecule has 0 radical (unpaired) electrons. The zero-order valence-electron chi connectivity index (χ0n) is 13.3. The molecule has 1 unspecified atom stereocenters. The molecule has 1 fully saturated rings. The fourth-order valence-corrected chi connectivity index (χ4v) is 2.83. The molecule has 0 aromatic carbocycles. The Labute approximate surface area is 144 Å². The van der Waals surface area contributed by atoms with E-state index in [2.05, 4.69) is 20.4 Å². The molecule has 3 rings (SSSR count). The van der Waals surface area contributed by atoms with Crippen molar-refractivity contribution in [3.63, 3.8) is 0 Å².